The van der Waals surface area contributed by atoms with Crippen molar-refractivity contribution < 1.29 is 17.9 Å². The number of unbranched alkanes of at least 4 members (excludes halogenated alkanes) is 3. The van der Waals surface area contributed by atoms with Crippen molar-refractivity contribution in [2.45, 2.75) is 38.8 Å². The summed E-state index contributed by atoms with van der Waals surface area (Å²) >= 11 is 0. The fourth-order valence-corrected chi connectivity index (χ4v) is 1.15. The second-order valence-corrected chi connectivity index (χ2v) is 3.61. The van der Waals surface area contributed by atoms with Crippen LogP contribution in [0.5, 0.6) is 0 Å². The van der Waals surface area contributed by atoms with Gasteiger partial charge < -0.3 is 10.5 Å². The van der Waals surface area contributed by atoms with Crippen LogP contribution in [0.4, 0.5) is 13.2 Å². The quantitative estimate of drug-likeness (QED) is 0.647. The molecule has 0 amide bonds. The SMILES string of the molecule is CCCCCCOCC(CN)C(F)(F)F. The smallest absolute Gasteiger partial charge is 0.381 e. The Bertz CT molecular complexity index is 150. The minimum absolute atomic E-state index is 0.313. The van der Waals surface area contributed by atoms with Gasteiger partial charge in [-0.1, -0.05) is 26.2 Å². The van der Waals surface area contributed by atoms with E-state index in [1.807, 2.05) is 0 Å². The van der Waals surface area contributed by atoms with Gasteiger partial charge in [0.05, 0.1) is 12.5 Å². The fourth-order valence-electron chi connectivity index (χ4n) is 1.15. The summed E-state index contributed by atoms with van der Waals surface area (Å²) in [4.78, 5) is 0. The molecule has 0 saturated heterocycles. The molecule has 0 saturated carbocycles. The number of halogens is 3. The van der Waals surface area contributed by atoms with Gasteiger partial charge in [0.25, 0.3) is 0 Å². The first-order valence-corrected chi connectivity index (χ1v) is 5.36. The van der Waals surface area contributed by atoms with Gasteiger partial charge >= 0.3 is 6.18 Å². The molecule has 2 N–H and O–H groups in total. The maximum atomic E-state index is 12.2. The molecule has 92 valence electrons. The van der Waals surface area contributed by atoms with Crippen molar-refractivity contribution in [1.29, 1.82) is 0 Å². The fraction of sp³-hybridized carbons (Fsp3) is 1.00. The van der Waals surface area contributed by atoms with E-state index in [4.69, 9.17) is 10.5 Å². The van der Waals surface area contributed by atoms with E-state index >= 15 is 0 Å². The van der Waals surface area contributed by atoms with Crippen LogP contribution in [0.3, 0.4) is 0 Å². The molecule has 15 heavy (non-hydrogen) atoms. The number of hydrogen-bond acceptors (Lipinski definition) is 2. The second kappa shape index (κ2) is 7.93. The highest BCUT2D eigenvalue weighted by Gasteiger charge is 2.38. The summed E-state index contributed by atoms with van der Waals surface area (Å²) in [6, 6.07) is 0. The van der Waals surface area contributed by atoms with Crippen LogP contribution in [-0.2, 0) is 4.74 Å². The van der Waals surface area contributed by atoms with E-state index in [2.05, 4.69) is 6.92 Å². The van der Waals surface area contributed by atoms with Crippen LogP contribution >= 0.6 is 0 Å². The maximum Gasteiger partial charge on any atom is 0.395 e. The zero-order valence-electron chi connectivity index (χ0n) is 9.15. The molecule has 0 fully saturated rings. The monoisotopic (exact) mass is 227 g/mol. The Morgan fingerprint density at radius 2 is 1.87 bits per heavy atom. The van der Waals surface area contributed by atoms with Crippen LogP contribution < -0.4 is 5.73 Å². The number of hydrogen-bond donors (Lipinski definition) is 1. The summed E-state index contributed by atoms with van der Waals surface area (Å²) in [6.07, 6.45) is -0.201. The van der Waals surface area contributed by atoms with Gasteiger partial charge in [-0.05, 0) is 6.42 Å². The van der Waals surface area contributed by atoms with Crippen molar-refractivity contribution in [1.82, 2.24) is 0 Å². The van der Waals surface area contributed by atoms with Crippen molar-refractivity contribution in [2.75, 3.05) is 19.8 Å². The van der Waals surface area contributed by atoms with Gasteiger partial charge in [0, 0.05) is 13.2 Å². The summed E-state index contributed by atoms with van der Waals surface area (Å²) in [6.45, 7) is 1.76. The molecular weight excluding hydrogens is 207 g/mol. The Balaban J connectivity index is 3.48. The lowest BCUT2D eigenvalue weighted by Gasteiger charge is -2.18. The molecule has 0 bridgehead atoms. The van der Waals surface area contributed by atoms with E-state index < -0.39 is 18.6 Å². The molecule has 0 aromatic carbocycles. The van der Waals surface area contributed by atoms with Crippen LogP contribution in [0.15, 0.2) is 0 Å². The molecule has 0 spiro atoms. The summed E-state index contributed by atoms with van der Waals surface area (Å²) < 4.78 is 41.5. The summed E-state index contributed by atoms with van der Waals surface area (Å²) in [5, 5.41) is 0. The topological polar surface area (TPSA) is 35.2 Å². The van der Waals surface area contributed by atoms with E-state index in [1.54, 1.807) is 0 Å². The summed E-state index contributed by atoms with van der Waals surface area (Å²) in [7, 11) is 0. The van der Waals surface area contributed by atoms with Crippen LogP contribution in [0.25, 0.3) is 0 Å². The van der Waals surface area contributed by atoms with Crippen molar-refractivity contribution in [3.63, 3.8) is 0 Å². The van der Waals surface area contributed by atoms with Gasteiger partial charge in [-0.2, -0.15) is 13.2 Å². The van der Waals surface area contributed by atoms with Crippen LogP contribution in [0.1, 0.15) is 32.6 Å². The Morgan fingerprint density at radius 3 is 2.33 bits per heavy atom. The first-order chi connectivity index (χ1) is 7.02. The first-order valence-electron chi connectivity index (χ1n) is 5.36. The number of alkyl halides is 3. The van der Waals surface area contributed by atoms with Crippen molar-refractivity contribution in [2.24, 2.45) is 11.7 Å². The van der Waals surface area contributed by atoms with Gasteiger partial charge in [-0.15, -0.1) is 0 Å². The average Bonchev–Trinajstić information content (AvgIpc) is 2.15. The zero-order chi connectivity index (χ0) is 11.7. The third-order valence-corrected chi connectivity index (χ3v) is 2.21. The minimum Gasteiger partial charge on any atom is -0.381 e. The predicted octanol–water partition coefficient (Wildman–Crippen LogP) is 2.72. The van der Waals surface area contributed by atoms with E-state index in [0.29, 0.717) is 6.61 Å². The Labute approximate surface area is 89.0 Å². The molecule has 0 aliphatic heterocycles. The Kier molecular flexibility index (Phi) is 7.78. The number of ether oxygens (including phenoxy) is 1. The Morgan fingerprint density at radius 1 is 1.20 bits per heavy atom. The van der Waals surface area contributed by atoms with E-state index in [1.165, 1.54) is 0 Å². The van der Waals surface area contributed by atoms with Crippen LogP contribution in [-0.4, -0.2) is 25.9 Å². The van der Waals surface area contributed by atoms with Gasteiger partial charge in [0.15, 0.2) is 0 Å². The summed E-state index contributed by atoms with van der Waals surface area (Å²) in [5.41, 5.74) is 5.02. The highest BCUT2D eigenvalue weighted by atomic mass is 19.4. The molecule has 2 nitrogen and oxygen atoms in total. The van der Waals surface area contributed by atoms with Gasteiger partial charge in [0.1, 0.15) is 0 Å². The van der Waals surface area contributed by atoms with Crippen molar-refractivity contribution in [3.8, 4) is 0 Å². The molecule has 0 aromatic rings. The molecular formula is C10H20F3NO. The first kappa shape index (κ1) is 14.7. The maximum absolute atomic E-state index is 12.2. The molecule has 1 unspecified atom stereocenters. The minimum atomic E-state index is -4.24. The lowest BCUT2D eigenvalue weighted by molar-refractivity contribution is -0.185. The molecule has 0 radical (unpaired) electrons. The Hall–Kier alpha value is -0.290. The third kappa shape index (κ3) is 7.62. The average molecular weight is 227 g/mol. The van der Waals surface area contributed by atoms with Gasteiger partial charge in [-0.25, -0.2) is 0 Å². The predicted molar refractivity (Wildman–Crippen MR) is 53.6 cm³/mol. The van der Waals surface area contributed by atoms with E-state index in [9.17, 15) is 13.2 Å². The normalized spacial score (nSPS) is 14.2. The van der Waals surface area contributed by atoms with Gasteiger partial charge in [0.2, 0.25) is 0 Å². The molecule has 0 aliphatic carbocycles. The molecule has 5 heteroatoms. The lowest BCUT2D eigenvalue weighted by Crippen LogP contribution is -2.34. The van der Waals surface area contributed by atoms with E-state index in [-0.39, 0.29) is 6.61 Å². The number of nitrogens with two attached hydrogens (primary N) is 1. The largest absolute Gasteiger partial charge is 0.395 e. The lowest BCUT2D eigenvalue weighted by atomic mass is 10.1. The third-order valence-electron chi connectivity index (χ3n) is 2.21. The number of rotatable bonds is 8. The van der Waals surface area contributed by atoms with Crippen LogP contribution in [0, 0.1) is 5.92 Å². The molecule has 0 aromatic heterocycles. The van der Waals surface area contributed by atoms with E-state index in [0.717, 1.165) is 25.7 Å². The second-order valence-electron chi connectivity index (χ2n) is 3.61. The summed E-state index contributed by atoms with van der Waals surface area (Å²) in [5.74, 6) is -1.52. The molecule has 0 rings (SSSR count). The highest BCUT2D eigenvalue weighted by molar-refractivity contribution is 4.67. The standard InChI is InChI=1S/C10H20F3NO/c1-2-3-4-5-6-15-8-9(7-14)10(11,12)13/h9H,2-8,14H2,1H3. The van der Waals surface area contributed by atoms with Gasteiger partial charge in [-0.3, -0.25) is 0 Å². The van der Waals surface area contributed by atoms with Crippen LogP contribution in [0.2, 0.25) is 0 Å². The van der Waals surface area contributed by atoms with Crippen molar-refractivity contribution in [3.05, 3.63) is 0 Å². The van der Waals surface area contributed by atoms with Crippen molar-refractivity contribution >= 4 is 0 Å². The highest BCUT2D eigenvalue weighted by Crippen LogP contribution is 2.25. The zero-order valence-corrected chi connectivity index (χ0v) is 9.15. The molecule has 1 atom stereocenters. The molecule has 0 heterocycles. The molecule has 0 aliphatic rings.